The van der Waals surface area contributed by atoms with Crippen LogP contribution in [0.2, 0.25) is 0 Å². The Labute approximate surface area is 216 Å². The molecule has 2 amide bonds. The van der Waals surface area contributed by atoms with Crippen LogP contribution in [0.1, 0.15) is 24.5 Å². The maximum Gasteiger partial charge on any atom is 0.422 e. The van der Waals surface area contributed by atoms with Crippen LogP contribution in [0.25, 0.3) is 6.08 Å². The predicted molar refractivity (Wildman–Crippen MR) is 130 cm³/mol. The quantitative estimate of drug-likeness (QED) is 0.131. The summed E-state index contributed by atoms with van der Waals surface area (Å²) >= 11 is 0.901. The second kappa shape index (κ2) is 12.2. The van der Waals surface area contributed by atoms with E-state index < -0.39 is 57.8 Å². The first-order chi connectivity index (χ1) is 17.9. The molecule has 0 radical (unpaired) electrons. The first-order valence-corrected chi connectivity index (χ1v) is 11.8. The Balaban J connectivity index is 1.73. The minimum absolute atomic E-state index is 0.0712. The zero-order chi connectivity index (χ0) is 28.0. The van der Waals surface area contributed by atoms with Crippen molar-refractivity contribution in [2.75, 3.05) is 10.6 Å². The third kappa shape index (κ3) is 6.94. The second-order valence-corrected chi connectivity index (χ2v) is 9.04. The van der Waals surface area contributed by atoms with Crippen molar-refractivity contribution in [3.05, 3.63) is 95.1 Å². The van der Waals surface area contributed by atoms with Gasteiger partial charge in [0.15, 0.2) is 23.3 Å². The highest BCUT2D eigenvalue weighted by molar-refractivity contribution is 8.00. The highest BCUT2D eigenvalue weighted by atomic mass is 32.2. The number of carbonyl (C=O) groups is 2. The fourth-order valence-electron chi connectivity index (χ4n) is 3.25. The molecule has 0 aliphatic carbocycles. The molecule has 12 heteroatoms. The Kier molecular flexibility index (Phi) is 9.21. The highest BCUT2D eigenvalue weighted by Gasteiger charge is 2.42. The average Bonchev–Trinajstić information content (AvgIpc) is 2.87. The van der Waals surface area contributed by atoms with E-state index in [9.17, 15) is 40.3 Å². The topological polar surface area (TPSA) is 58.2 Å². The summed E-state index contributed by atoms with van der Waals surface area (Å²) < 4.78 is 94.5. The second-order valence-electron chi connectivity index (χ2n) is 7.77. The first kappa shape index (κ1) is 28.8. The summed E-state index contributed by atoms with van der Waals surface area (Å²) in [5, 5.41) is 3.23. The number of amides is 2. The van der Waals surface area contributed by atoms with Gasteiger partial charge in [-0.1, -0.05) is 43.3 Å². The summed E-state index contributed by atoms with van der Waals surface area (Å²) in [7, 11) is 0. The number of nitrogens with one attached hydrogen (secondary N) is 2. The maximum atomic E-state index is 14.2. The number of carbonyl (C=O) groups excluding carboxylic acids is 2. The molecular weight excluding hydrogens is 537 g/mol. The Morgan fingerprint density at radius 1 is 0.895 bits per heavy atom. The van der Waals surface area contributed by atoms with Crippen LogP contribution in [-0.4, -0.2) is 17.1 Å². The van der Waals surface area contributed by atoms with Gasteiger partial charge < -0.3 is 10.6 Å². The molecule has 0 bridgehead atoms. The SMILES string of the molecule is CCC(Sc1cccc(NC(=O)/C=C/c2ccccc2)c1)C(=O)Nc1c(F)c(F)c(C(F)(F)F)c(F)c1F. The molecule has 3 rings (SSSR count). The first-order valence-electron chi connectivity index (χ1n) is 11.0. The third-order valence-electron chi connectivity index (χ3n) is 5.06. The van der Waals surface area contributed by atoms with Crippen LogP contribution in [0.3, 0.4) is 0 Å². The molecule has 0 spiro atoms. The Bertz CT molecular complexity index is 1330. The van der Waals surface area contributed by atoms with Gasteiger partial charge in [0.05, 0.1) is 5.25 Å². The van der Waals surface area contributed by atoms with Crippen molar-refractivity contribution in [2.24, 2.45) is 0 Å². The zero-order valence-corrected chi connectivity index (χ0v) is 20.3. The van der Waals surface area contributed by atoms with Gasteiger partial charge in [0.1, 0.15) is 11.3 Å². The molecular formula is C26H19F7N2O2S. The predicted octanol–water partition coefficient (Wildman–Crippen LogP) is 7.42. The van der Waals surface area contributed by atoms with Crippen molar-refractivity contribution in [1.29, 1.82) is 0 Å². The van der Waals surface area contributed by atoms with E-state index in [0.29, 0.717) is 10.6 Å². The average molecular weight is 557 g/mol. The molecule has 0 saturated carbocycles. The Morgan fingerprint density at radius 3 is 2.11 bits per heavy atom. The van der Waals surface area contributed by atoms with Crippen LogP contribution >= 0.6 is 11.8 Å². The molecule has 0 aromatic heterocycles. The van der Waals surface area contributed by atoms with E-state index >= 15 is 0 Å². The normalized spacial score (nSPS) is 12.4. The number of hydrogen-bond donors (Lipinski definition) is 2. The van der Waals surface area contributed by atoms with Gasteiger partial charge in [0.2, 0.25) is 11.8 Å². The van der Waals surface area contributed by atoms with E-state index in [1.54, 1.807) is 29.6 Å². The van der Waals surface area contributed by atoms with Crippen molar-refractivity contribution in [1.82, 2.24) is 0 Å². The van der Waals surface area contributed by atoms with E-state index in [2.05, 4.69) is 5.32 Å². The molecule has 4 nitrogen and oxygen atoms in total. The van der Waals surface area contributed by atoms with Crippen molar-refractivity contribution in [3.63, 3.8) is 0 Å². The Hall–Kier alpha value is -3.80. The standard InChI is InChI=1S/C26H19F7N2O2S/c1-2-17(25(37)35-24-22(29)20(27)19(26(31,32)33)21(28)23(24)30)38-16-10-6-9-15(13-16)34-18(36)12-11-14-7-4-3-5-8-14/h3-13,17H,2H2,1H3,(H,34,36)(H,35,37)/b12-11+. The summed E-state index contributed by atoms with van der Waals surface area (Å²) in [5.74, 6) is -11.6. The Morgan fingerprint density at radius 2 is 1.53 bits per heavy atom. The fourth-order valence-corrected chi connectivity index (χ4v) is 4.26. The van der Waals surface area contributed by atoms with E-state index in [0.717, 1.165) is 17.3 Å². The van der Waals surface area contributed by atoms with Crippen LogP contribution in [-0.2, 0) is 15.8 Å². The molecule has 38 heavy (non-hydrogen) atoms. The van der Waals surface area contributed by atoms with Gasteiger partial charge in [0, 0.05) is 16.7 Å². The van der Waals surface area contributed by atoms with Crippen molar-refractivity contribution in [3.8, 4) is 0 Å². The van der Waals surface area contributed by atoms with Crippen LogP contribution in [0.5, 0.6) is 0 Å². The summed E-state index contributed by atoms with van der Waals surface area (Å²) in [5.41, 5.74) is -3.21. The van der Waals surface area contributed by atoms with Crippen molar-refractivity contribution >= 4 is 41.0 Å². The number of alkyl halides is 3. The monoisotopic (exact) mass is 556 g/mol. The summed E-state index contributed by atoms with van der Waals surface area (Å²) in [6.45, 7) is 1.54. The van der Waals surface area contributed by atoms with Gasteiger partial charge in [-0.3, -0.25) is 9.59 Å². The minimum atomic E-state index is -5.70. The molecule has 2 N–H and O–H groups in total. The van der Waals surface area contributed by atoms with Gasteiger partial charge >= 0.3 is 6.18 Å². The summed E-state index contributed by atoms with van der Waals surface area (Å²) in [6, 6.07) is 15.3. The molecule has 0 aliphatic rings. The lowest BCUT2D eigenvalue weighted by molar-refractivity contribution is -0.143. The molecule has 0 fully saturated rings. The molecule has 3 aromatic carbocycles. The number of benzene rings is 3. The zero-order valence-electron chi connectivity index (χ0n) is 19.5. The van der Waals surface area contributed by atoms with E-state index in [-0.39, 0.29) is 6.42 Å². The minimum Gasteiger partial charge on any atom is -0.322 e. The number of hydrogen-bond acceptors (Lipinski definition) is 3. The van der Waals surface area contributed by atoms with Gasteiger partial charge in [-0.05, 0) is 36.3 Å². The maximum absolute atomic E-state index is 14.2. The van der Waals surface area contributed by atoms with E-state index in [4.69, 9.17) is 0 Å². The molecule has 0 heterocycles. The van der Waals surface area contributed by atoms with Gasteiger partial charge in [-0.25, -0.2) is 17.6 Å². The number of halogens is 7. The third-order valence-corrected chi connectivity index (χ3v) is 6.42. The smallest absolute Gasteiger partial charge is 0.322 e. The molecule has 200 valence electrons. The van der Waals surface area contributed by atoms with Crippen molar-refractivity contribution in [2.45, 2.75) is 29.7 Å². The van der Waals surface area contributed by atoms with Gasteiger partial charge in [-0.15, -0.1) is 11.8 Å². The van der Waals surface area contributed by atoms with E-state index in [1.807, 2.05) is 30.3 Å². The van der Waals surface area contributed by atoms with Gasteiger partial charge in [0.25, 0.3) is 0 Å². The molecule has 1 unspecified atom stereocenters. The lowest BCUT2D eigenvalue weighted by atomic mass is 10.1. The van der Waals surface area contributed by atoms with Crippen LogP contribution < -0.4 is 10.6 Å². The molecule has 0 saturated heterocycles. The number of anilines is 2. The van der Waals surface area contributed by atoms with Crippen LogP contribution in [0, 0.1) is 23.3 Å². The largest absolute Gasteiger partial charge is 0.422 e. The van der Waals surface area contributed by atoms with E-state index in [1.165, 1.54) is 19.1 Å². The van der Waals surface area contributed by atoms with Gasteiger partial charge in [-0.2, -0.15) is 13.2 Å². The lowest BCUT2D eigenvalue weighted by Crippen LogP contribution is -2.27. The summed E-state index contributed by atoms with van der Waals surface area (Å²) in [6.07, 6.45) is -2.70. The lowest BCUT2D eigenvalue weighted by Gasteiger charge is -2.18. The van der Waals surface area contributed by atoms with Crippen LogP contribution in [0.15, 0.2) is 65.6 Å². The molecule has 1 atom stereocenters. The van der Waals surface area contributed by atoms with Crippen molar-refractivity contribution < 1.29 is 40.3 Å². The number of rotatable bonds is 8. The number of thioether (sulfide) groups is 1. The fraction of sp³-hybridized carbons (Fsp3) is 0.154. The summed E-state index contributed by atoms with van der Waals surface area (Å²) in [4.78, 5) is 25.3. The van der Waals surface area contributed by atoms with Crippen LogP contribution in [0.4, 0.5) is 42.1 Å². The molecule has 3 aromatic rings. The molecule has 0 aliphatic heterocycles. The highest BCUT2D eigenvalue weighted by Crippen LogP contribution is 2.39.